The molecule has 0 aliphatic rings. The van der Waals surface area contributed by atoms with E-state index in [9.17, 15) is 33.6 Å². The van der Waals surface area contributed by atoms with Crippen LogP contribution in [-0.4, -0.2) is 136 Å². The summed E-state index contributed by atoms with van der Waals surface area (Å²) in [5.41, 5.74) is 46.5. The highest BCUT2D eigenvalue weighted by atomic mass is 16.2. The Hall–Kier alpha value is -4.47. The van der Waals surface area contributed by atoms with Gasteiger partial charge in [-0.05, 0) is 135 Å². The number of carbonyl (C=O) groups is 7. The number of nitrogens with two attached hydrogens (primary N) is 8. The van der Waals surface area contributed by atoms with Crippen molar-refractivity contribution in [2.45, 2.75) is 184 Å². The van der Waals surface area contributed by atoms with Gasteiger partial charge in [-0.1, -0.05) is 38.0 Å². The van der Waals surface area contributed by atoms with Crippen LogP contribution in [0.1, 0.15) is 141 Å². The second-order valence-electron chi connectivity index (χ2n) is 17.4. The van der Waals surface area contributed by atoms with Gasteiger partial charge < -0.3 is 83.1 Å². The van der Waals surface area contributed by atoms with Crippen molar-refractivity contribution >= 4 is 41.4 Å². The summed E-state index contributed by atoms with van der Waals surface area (Å²) in [5, 5.41) is 19.4. The summed E-state index contributed by atoms with van der Waals surface area (Å²) in [6.07, 6.45) is 17.4. The fourth-order valence-corrected chi connectivity index (χ4v) is 7.07. The summed E-state index contributed by atoms with van der Waals surface area (Å²) in [7, 11) is 0. The topological polar surface area (TPSA) is 412 Å². The first-order valence-corrected chi connectivity index (χ1v) is 24.9. The smallest absolute Gasteiger partial charge is 0.243 e. The highest BCUT2D eigenvalue weighted by Gasteiger charge is 2.28. The molecule has 0 aromatic carbocycles. The van der Waals surface area contributed by atoms with Crippen LogP contribution in [-0.2, 0) is 33.6 Å². The third kappa shape index (κ3) is 31.6. The summed E-state index contributed by atoms with van der Waals surface area (Å²) in [6.45, 7) is 2.80. The maximum absolute atomic E-state index is 13.8. The number of terminal acetylenes is 1. The lowest BCUT2D eigenvalue weighted by Crippen LogP contribution is -2.55. The second-order valence-corrected chi connectivity index (χ2v) is 17.4. The Bertz CT molecular complexity index is 1470. The largest absolute Gasteiger partial charge is 0.355 e. The van der Waals surface area contributed by atoms with Crippen LogP contribution in [0.4, 0.5) is 0 Å². The molecule has 0 aromatic rings. The highest BCUT2D eigenvalue weighted by molar-refractivity contribution is 5.93. The van der Waals surface area contributed by atoms with Crippen molar-refractivity contribution < 1.29 is 33.6 Å². The molecule has 0 fully saturated rings. The van der Waals surface area contributed by atoms with E-state index in [1.807, 2.05) is 0 Å². The molecule has 0 aliphatic heterocycles. The van der Waals surface area contributed by atoms with Crippen LogP contribution in [0, 0.1) is 12.3 Å². The van der Waals surface area contributed by atoms with Crippen molar-refractivity contribution in [1.29, 1.82) is 0 Å². The van der Waals surface area contributed by atoms with E-state index in [1.165, 1.54) is 0 Å². The average molecular weight is 966 g/mol. The number of carbonyl (C=O) groups excluding carboxylic acids is 7. The minimum Gasteiger partial charge on any atom is -0.355 e. The van der Waals surface area contributed by atoms with Crippen molar-refractivity contribution in [2.24, 2.45) is 45.9 Å². The number of hydrogen-bond acceptors (Lipinski definition) is 15. The SMILES string of the molecule is C#CCNC(=O)C(CCCCNC(=O)C(CCCCNC(=O)C(N)CCCCCN)NC(=O)[C@H](N)CCCCN)NC(=O)[C@H](CCCCNC(=O)[C@@H](N)CCCCN)NC(=O)[C@@H](N)CCCCN. The normalized spacial score (nSPS) is 14.2. The molecule has 7 atom stereocenters. The van der Waals surface area contributed by atoms with Crippen molar-refractivity contribution in [3.63, 3.8) is 0 Å². The predicted octanol–water partition coefficient (Wildman–Crippen LogP) is -2.74. The van der Waals surface area contributed by atoms with E-state index in [-0.39, 0.29) is 44.2 Å². The standard InChI is InChI=1S/C46H91N15O7/c1-2-29-55-44(66)38(61-46(68)39(60-43(65)36(54)21-7-14-28-50)24-10-16-31-57-41(63)34(52)19-5-12-26-48)23-9-17-32-58-45(67)37(59-42(64)35(53)20-6-13-27-49)22-8-15-30-56-40(62)33(51)18-4-3-11-25-47/h1,33-39H,3-32,47-54H2,(H,55,66)(H,56,62)(H,57,63)(H,58,67)(H,59,64)(H,60,65)(H,61,68)/t33?,34-,35+,36-,37?,38?,39-/m0/s1. The van der Waals surface area contributed by atoms with E-state index in [0.29, 0.717) is 129 Å². The Morgan fingerprint density at radius 2 is 0.618 bits per heavy atom. The van der Waals surface area contributed by atoms with E-state index < -0.39 is 71.8 Å². The third-order valence-electron chi connectivity index (χ3n) is 11.4. The lowest BCUT2D eigenvalue weighted by Gasteiger charge is -2.24. The summed E-state index contributed by atoms with van der Waals surface area (Å²) in [4.78, 5) is 91.6. The Kier molecular flexibility index (Phi) is 38.8. The van der Waals surface area contributed by atoms with Gasteiger partial charge >= 0.3 is 0 Å². The van der Waals surface area contributed by atoms with Crippen LogP contribution in [0.25, 0.3) is 0 Å². The average Bonchev–Trinajstić information content (AvgIpc) is 3.32. The predicted molar refractivity (Wildman–Crippen MR) is 266 cm³/mol. The molecule has 7 amide bonds. The van der Waals surface area contributed by atoms with Crippen LogP contribution in [0.5, 0.6) is 0 Å². The molecule has 0 heterocycles. The van der Waals surface area contributed by atoms with Gasteiger partial charge in [0.25, 0.3) is 0 Å². The first kappa shape index (κ1) is 63.5. The first-order valence-electron chi connectivity index (χ1n) is 24.9. The molecule has 0 spiro atoms. The summed E-state index contributed by atoms with van der Waals surface area (Å²) in [6, 6.07) is -5.97. The second kappa shape index (κ2) is 41.5. The molecule has 392 valence electrons. The maximum Gasteiger partial charge on any atom is 0.243 e. The van der Waals surface area contributed by atoms with E-state index in [4.69, 9.17) is 52.3 Å². The number of hydrogen-bond donors (Lipinski definition) is 15. The van der Waals surface area contributed by atoms with E-state index in [0.717, 1.165) is 32.1 Å². The highest BCUT2D eigenvalue weighted by Crippen LogP contribution is 2.09. The van der Waals surface area contributed by atoms with Gasteiger partial charge in [0.2, 0.25) is 41.4 Å². The van der Waals surface area contributed by atoms with Gasteiger partial charge in [0.05, 0.1) is 30.7 Å². The zero-order chi connectivity index (χ0) is 51.0. The Morgan fingerprint density at radius 3 is 0.985 bits per heavy atom. The molecule has 0 saturated heterocycles. The fourth-order valence-electron chi connectivity index (χ4n) is 7.07. The maximum atomic E-state index is 13.8. The summed E-state index contributed by atoms with van der Waals surface area (Å²) >= 11 is 0. The minimum absolute atomic E-state index is 0.0825. The van der Waals surface area contributed by atoms with Crippen molar-refractivity contribution in [3.05, 3.63) is 0 Å². The molecule has 0 radical (unpaired) electrons. The minimum atomic E-state index is -1.05. The van der Waals surface area contributed by atoms with Gasteiger partial charge in [0, 0.05) is 19.6 Å². The number of rotatable bonds is 43. The number of amides is 7. The van der Waals surface area contributed by atoms with E-state index in [2.05, 4.69) is 43.1 Å². The molecule has 0 aliphatic carbocycles. The van der Waals surface area contributed by atoms with Gasteiger partial charge in [-0.15, -0.1) is 6.42 Å². The van der Waals surface area contributed by atoms with Crippen LogP contribution in [0.2, 0.25) is 0 Å². The molecular weight excluding hydrogens is 875 g/mol. The summed E-state index contributed by atoms with van der Waals surface area (Å²) < 4.78 is 0. The van der Waals surface area contributed by atoms with Gasteiger partial charge in [0.1, 0.15) is 18.1 Å². The van der Waals surface area contributed by atoms with Crippen LogP contribution < -0.4 is 83.1 Å². The molecule has 23 N–H and O–H groups in total. The molecule has 22 heteroatoms. The van der Waals surface area contributed by atoms with Gasteiger partial charge in [-0.25, -0.2) is 0 Å². The van der Waals surface area contributed by atoms with Gasteiger partial charge in [-0.3, -0.25) is 33.6 Å². The van der Waals surface area contributed by atoms with Crippen molar-refractivity contribution in [3.8, 4) is 12.3 Å². The van der Waals surface area contributed by atoms with Gasteiger partial charge in [-0.2, -0.15) is 0 Å². The first-order chi connectivity index (χ1) is 32.7. The zero-order valence-corrected chi connectivity index (χ0v) is 40.8. The molecule has 68 heavy (non-hydrogen) atoms. The van der Waals surface area contributed by atoms with Crippen molar-refractivity contribution in [2.75, 3.05) is 52.4 Å². The Balaban J connectivity index is 5.65. The number of unbranched alkanes of at least 4 members (excludes halogenated alkanes) is 8. The third-order valence-corrected chi connectivity index (χ3v) is 11.4. The zero-order valence-electron chi connectivity index (χ0n) is 40.8. The Morgan fingerprint density at radius 1 is 0.338 bits per heavy atom. The van der Waals surface area contributed by atoms with Crippen LogP contribution >= 0.6 is 0 Å². The fraction of sp³-hybridized carbons (Fsp3) is 0.804. The lowest BCUT2D eigenvalue weighted by atomic mass is 10.0. The molecule has 22 nitrogen and oxygen atoms in total. The molecule has 0 bridgehead atoms. The van der Waals surface area contributed by atoms with Crippen molar-refractivity contribution in [1.82, 2.24) is 37.2 Å². The molecular formula is C46H91N15O7. The monoisotopic (exact) mass is 966 g/mol. The molecule has 0 aromatic heterocycles. The van der Waals surface area contributed by atoms with Crippen LogP contribution in [0.3, 0.4) is 0 Å². The molecule has 3 unspecified atom stereocenters. The van der Waals surface area contributed by atoms with Gasteiger partial charge in [0.15, 0.2) is 0 Å². The lowest BCUT2D eigenvalue weighted by molar-refractivity contribution is -0.132. The summed E-state index contributed by atoms with van der Waals surface area (Å²) in [5.74, 6) is -0.717. The molecule has 0 rings (SSSR count). The van der Waals surface area contributed by atoms with E-state index >= 15 is 0 Å². The Labute approximate surface area is 405 Å². The van der Waals surface area contributed by atoms with E-state index in [1.54, 1.807) is 0 Å². The molecule has 0 saturated carbocycles. The quantitative estimate of drug-likeness (QED) is 0.0218. The van der Waals surface area contributed by atoms with Crippen LogP contribution in [0.15, 0.2) is 0 Å². The number of nitrogens with one attached hydrogen (secondary N) is 7.